The second-order valence-corrected chi connectivity index (χ2v) is 19.6. The van der Waals surface area contributed by atoms with Crippen molar-refractivity contribution >= 4 is 109 Å². The van der Waals surface area contributed by atoms with Gasteiger partial charge in [0.1, 0.15) is 57.1 Å². The lowest BCUT2D eigenvalue weighted by atomic mass is 9.95. The third kappa shape index (κ3) is 6.07. The van der Waals surface area contributed by atoms with Gasteiger partial charge in [0.05, 0.1) is 75.7 Å². The highest BCUT2D eigenvalue weighted by atomic mass is 16.5. The summed E-state index contributed by atoms with van der Waals surface area (Å²) in [6.45, 7) is 4.18. The molecule has 3 aromatic heterocycles. The number of nitrogens with zero attached hydrogens (tertiary/aromatic N) is 6. The maximum Gasteiger partial charge on any atom is 0.168 e. The van der Waals surface area contributed by atoms with E-state index < -0.39 is 0 Å². The molecule has 2 aliphatic rings. The van der Waals surface area contributed by atoms with E-state index in [-0.39, 0.29) is 0 Å². The number of aryl methyl sites for hydroxylation is 2. The molecule has 0 saturated heterocycles. The van der Waals surface area contributed by atoms with Crippen molar-refractivity contribution < 1.29 is 28.4 Å². The lowest BCUT2D eigenvalue weighted by molar-refractivity contribution is 0.413. The van der Waals surface area contributed by atoms with E-state index in [2.05, 4.69) is 96.6 Å². The topological polar surface area (TPSA) is 164 Å². The first-order chi connectivity index (χ1) is 38.2. The van der Waals surface area contributed by atoms with Gasteiger partial charge in [0.25, 0.3) is 0 Å². The maximum atomic E-state index is 6.51. The summed E-state index contributed by atoms with van der Waals surface area (Å²) in [5, 5.41) is 14.1. The number of fused-ring (bicyclic) bond motifs is 26. The van der Waals surface area contributed by atoms with E-state index in [1.165, 1.54) is 0 Å². The van der Waals surface area contributed by atoms with Crippen molar-refractivity contribution in [3.05, 3.63) is 132 Å². The van der Waals surface area contributed by atoms with Gasteiger partial charge in [-0.15, -0.1) is 0 Å². The Morgan fingerprint density at radius 1 is 0.282 bits per heavy atom. The first kappa shape index (κ1) is 45.3. The molecule has 0 saturated carbocycles. The summed E-state index contributed by atoms with van der Waals surface area (Å²) in [7, 11) is 10.0. The van der Waals surface area contributed by atoms with Crippen molar-refractivity contribution in [3.8, 4) is 80.0 Å². The summed E-state index contributed by atoms with van der Waals surface area (Å²) in [5.74, 6) is 4.77. The molecule has 14 nitrogen and oxygen atoms in total. The Labute approximate surface area is 444 Å². The van der Waals surface area contributed by atoms with Crippen molar-refractivity contribution in [1.82, 2.24) is 39.9 Å². The van der Waals surface area contributed by atoms with Gasteiger partial charge in [0.2, 0.25) is 0 Å². The summed E-state index contributed by atoms with van der Waals surface area (Å²) < 4.78 is 38.9. The van der Waals surface area contributed by atoms with Crippen LogP contribution in [0.1, 0.15) is 11.1 Å². The van der Waals surface area contributed by atoms with Gasteiger partial charge in [0.15, 0.2) is 23.3 Å². The predicted octanol–water partition coefficient (Wildman–Crippen LogP) is 14.5. The number of aromatic amines is 2. The van der Waals surface area contributed by atoms with E-state index in [1.807, 2.05) is 48.5 Å². The van der Waals surface area contributed by atoms with Crippen molar-refractivity contribution in [2.45, 2.75) is 13.8 Å². The van der Waals surface area contributed by atoms with Crippen molar-refractivity contribution in [1.29, 1.82) is 0 Å². The smallest absolute Gasteiger partial charge is 0.168 e. The minimum absolute atomic E-state index is 0.322. The molecular formula is C64H46N8O6. The van der Waals surface area contributed by atoms with Crippen LogP contribution in [0.3, 0.4) is 0 Å². The third-order valence-corrected chi connectivity index (χ3v) is 15.8. The zero-order valence-electron chi connectivity index (χ0n) is 43.7. The molecular weight excluding hydrogens is 977 g/mol. The van der Waals surface area contributed by atoms with Crippen LogP contribution in [0.2, 0.25) is 0 Å². The van der Waals surface area contributed by atoms with Gasteiger partial charge in [-0.25, -0.2) is 29.9 Å². The molecule has 15 rings (SSSR count). The van der Waals surface area contributed by atoms with Gasteiger partial charge in [-0.3, -0.25) is 0 Å². The molecule has 10 aromatic carbocycles. The van der Waals surface area contributed by atoms with Crippen LogP contribution in [0.4, 0.5) is 0 Å². The number of rotatable bonds is 6. The van der Waals surface area contributed by atoms with Crippen LogP contribution in [-0.4, -0.2) is 82.5 Å². The third-order valence-electron chi connectivity index (χ3n) is 15.8. The Morgan fingerprint density at radius 3 is 0.821 bits per heavy atom. The number of aromatic nitrogens is 8. The fourth-order valence-electron chi connectivity index (χ4n) is 12.5. The fourth-order valence-corrected chi connectivity index (χ4v) is 12.5. The first-order valence-corrected chi connectivity index (χ1v) is 25.5. The number of ether oxygens (including phenoxy) is 6. The quantitative estimate of drug-likeness (QED) is 0.152. The normalized spacial score (nSPS) is 12.1. The largest absolute Gasteiger partial charge is 0.495 e. The number of hydrogen-bond donors (Lipinski definition) is 2. The molecule has 78 heavy (non-hydrogen) atoms. The van der Waals surface area contributed by atoms with E-state index >= 15 is 0 Å². The molecule has 2 N–H and O–H groups in total. The maximum absolute atomic E-state index is 6.51. The Morgan fingerprint density at radius 2 is 0.538 bits per heavy atom. The van der Waals surface area contributed by atoms with Crippen molar-refractivity contribution in [3.63, 3.8) is 0 Å². The Balaban J connectivity index is 1.21. The predicted molar refractivity (Wildman–Crippen MR) is 310 cm³/mol. The summed E-state index contributed by atoms with van der Waals surface area (Å²) in [6.07, 6.45) is 0. The molecule has 0 spiro atoms. The van der Waals surface area contributed by atoms with Crippen LogP contribution in [0, 0.1) is 13.8 Å². The molecule has 0 fully saturated rings. The number of hydrogen-bond acceptors (Lipinski definition) is 12. The van der Waals surface area contributed by atoms with Crippen LogP contribution in [0.25, 0.3) is 154 Å². The Bertz CT molecular complexity index is 4740. The minimum atomic E-state index is 0.322. The number of benzene rings is 10. The molecule has 378 valence electrons. The summed E-state index contributed by atoms with van der Waals surface area (Å²) in [4.78, 5) is 40.5. The lowest BCUT2D eigenvalue weighted by Crippen LogP contribution is -1.97. The van der Waals surface area contributed by atoms with E-state index in [1.54, 1.807) is 42.7 Å². The SMILES string of the molecule is COc1c2c(c(OC)c3cc4ccccc4cc13)-c1nc-2nc2[nH]c(nc3nc(nc4[nH]c(n1)c1c(C)c5ccccc5c(OC)c41)-c1c-3c(OC)c3cc4ccccc4cc3c1OC)c1c(OC)c3ccccc3c(C)c21. The second-order valence-electron chi connectivity index (χ2n) is 19.6. The highest BCUT2D eigenvalue weighted by Crippen LogP contribution is 2.55. The molecule has 2 aliphatic heterocycles. The first-order valence-electron chi connectivity index (χ1n) is 25.5. The van der Waals surface area contributed by atoms with Crippen molar-refractivity contribution in [2.75, 3.05) is 42.7 Å². The molecule has 8 bridgehead atoms. The van der Waals surface area contributed by atoms with Gasteiger partial charge in [-0.1, -0.05) is 97.1 Å². The van der Waals surface area contributed by atoms with Gasteiger partial charge in [-0.05, 0) is 81.6 Å². The number of H-pyrrole nitrogens is 2. The van der Waals surface area contributed by atoms with Crippen molar-refractivity contribution in [2.24, 2.45) is 0 Å². The molecule has 0 atom stereocenters. The van der Waals surface area contributed by atoms with Gasteiger partial charge in [0, 0.05) is 43.1 Å². The highest BCUT2D eigenvalue weighted by Gasteiger charge is 2.35. The number of methoxy groups -OCH3 is 6. The molecule has 0 unspecified atom stereocenters. The summed E-state index contributed by atoms with van der Waals surface area (Å²) in [6, 6.07) is 41.3. The Kier molecular flexibility index (Phi) is 9.71. The standard InChI is InChI=1S/C64H46N8O6/c1-29-35-21-13-15-23-37(35)51(73-3)45-43(29)57-65-59(45)69-63-49-50(56(78-8)42-28-34-20-12-11-19-33(34)27-41(42)55(49)77-7)64(72-63)70-60-46-44(30(2)36-22-14-16-24-38(36)52(46)74-4)58(66-60)68-62-48-47(61(67-57)71-62)53(75-5)39-25-31-17-9-10-18-32(31)26-40(39)54(48)76-6/h9-28H,1-8H3,(H2,65,66,67,68,69,70,71,72). The summed E-state index contributed by atoms with van der Waals surface area (Å²) in [5.41, 5.74) is 6.13. The molecule has 5 heterocycles. The van der Waals surface area contributed by atoms with Crippen LogP contribution in [-0.2, 0) is 0 Å². The minimum Gasteiger partial charge on any atom is -0.495 e. The zero-order valence-corrected chi connectivity index (χ0v) is 43.7. The van der Waals surface area contributed by atoms with Gasteiger partial charge in [-0.2, -0.15) is 0 Å². The number of nitrogens with one attached hydrogen (secondary N) is 2. The summed E-state index contributed by atoms with van der Waals surface area (Å²) >= 11 is 0. The van der Waals surface area contributed by atoms with Crippen LogP contribution in [0.15, 0.2) is 121 Å². The molecule has 13 aromatic rings. The lowest BCUT2D eigenvalue weighted by Gasteiger charge is -2.16. The van der Waals surface area contributed by atoms with Crippen LogP contribution < -0.4 is 28.4 Å². The molecule has 0 radical (unpaired) electrons. The highest BCUT2D eigenvalue weighted by molar-refractivity contribution is 6.21. The van der Waals surface area contributed by atoms with Gasteiger partial charge >= 0.3 is 0 Å². The average Bonchev–Trinajstić information content (AvgIpc) is 4.41. The molecule has 0 aliphatic carbocycles. The van der Waals surface area contributed by atoms with E-state index in [0.29, 0.717) is 113 Å². The van der Waals surface area contributed by atoms with E-state index in [0.717, 1.165) is 86.5 Å². The van der Waals surface area contributed by atoms with Crippen LogP contribution >= 0.6 is 0 Å². The average molecular weight is 1020 g/mol. The van der Waals surface area contributed by atoms with E-state index in [4.69, 9.17) is 58.3 Å². The van der Waals surface area contributed by atoms with Gasteiger partial charge < -0.3 is 38.4 Å². The zero-order chi connectivity index (χ0) is 52.8. The molecule has 14 heteroatoms. The monoisotopic (exact) mass is 1020 g/mol. The van der Waals surface area contributed by atoms with E-state index in [9.17, 15) is 0 Å². The Hall–Kier alpha value is -10.1. The second kappa shape index (κ2) is 16.7. The van der Waals surface area contributed by atoms with Crippen LogP contribution in [0.5, 0.6) is 34.5 Å². The fraction of sp³-hybridized carbons (Fsp3) is 0.125. The molecule has 0 amide bonds.